The highest BCUT2D eigenvalue weighted by molar-refractivity contribution is 5.85. The quantitative estimate of drug-likeness (QED) is 0.172. The van der Waals surface area contributed by atoms with Crippen molar-refractivity contribution in [2.24, 2.45) is 11.7 Å². The molecule has 0 aromatic heterocycles. The highest BCUT2D eigenvalue weighted by Gasteiger charge is 2.35. The highest BCUT2D eigenvalue weighted by Crippen LogP contribution is 2.31. The first-order chi connectivity index (χ1) is 16.8. The van der Waals surface area contributed by atoms with Crippen LogP contribution < -0.4 is 15.2 Å². The van der Waals surface area contributed by atoms with Crippen molar-refractivity contribution in [1.29, 1.82) is 0 Å². The number of esters is 2. The molecular weight excluding hydrogens is 510 g/mol. The van der Waals surface area contributed by atoms with Gasteiger partial charge >= 0.3 is 24.2 Å². The van der Waals surface area contributed by atoms with Gasteiger partial charge < -0.3 is 34.2 Å². The maximum atomic E-state index is 12.5. The van der Waals surface area contributed by atoms with Crippen LogP contribution in [0.4, 0.5) is 9.59 Å². The van der Waals surface area contributed by atoms with Gasteiger partial charge in [0.2, 0.25) is 0 Å². The third-order valence-electron chi connectivity index (χ3n) is 4.65. The lowest BCUT2D eigenvalue weighted by molar-refractivity contribution is -0.148. The molecule has 0 radical (unpaired) electrons. The van der Waals surface area contributed by atoms with E-state index in [2.05, 4.69) is 0 Å². The van der Waals surface area contributed by atoms with E-state index in [4.69, 9.17) is 34.2 Å². The molecule has 0 amide bonds. The summed E-state index contributed by atoms with van der Waals surface area (Å²) in [7, 11) is 1.22. The van der Waals surface area contributed by atoms with Gasteiger partial charge in [-0.25, -0.2) is 9.59 Å². The molecule has 210 valence electrons. The van der Waals surface area contributed by atoms with Crippen LogP contribution in [-0.4, -0.2) is 55.7 Å². The third-order valence-corrected chi connectivity index (χ3v) is 4.65. The lowest BCUT2D eigenvalue weighted by atomic mass is 9.87. The molecular formula is C25H38ClNO10. The number of ether oxygens (including phenoxy) is 6. The first-order valence-electron chi connectivity index (χ1n) is 11.7. The molecule has 11 nitrogen and oxygen atoms in total. The number of carbonyl (C=O) groups is 4. The van der Waals surface area contributed by atoms with Gasteiger partial charge in [0.15, 0.2) is 11.5 Å². The molecule has 0 bridgehead atoms. The first-order valence-corrected chi connectivity index (χ1v) is 11.7. The normalized spacial score (nSPS) is 12.3. The number of halogens is 1. The van der Waals surface area contributed by atoms with Crippen molar-refractivity contribution in [2.75, 3.05) is 13.7 Å². The summed E-state index contributed by atoms with van der Waals surface area (Å²) in [5.41, 5.74) is 5.42. The minimum Gasteiger partial charge on any atom is -0.468 e. The molecule has 1 atom stereocenters. The number of hydrogen-bond acceptors (Lipinski definition) is 11. The van der Waals surface area contributed by atoms with Crippen molar-refractivity contribution < 1.29 is 47.6 Å². The average Bonchev–Trinajstić information content (AvgIpc) is 2.76. The fraction of sp³-hybridized carbons (Fsp3) is 0.600. The largest absolute Gasteiger partial charge is 0.514 e. The van der Waals surface area contributed by atoms with Crippen LogP contribution in [0.1, 0.15) is 59.9 Å². The lowest BCUT2D eigenvalue weighted by Gasteiger charge is -2.27. The Hall–Kier alpha value is -3.05. The third kappa shape index (κ3) is 12.2. The summed E-state index contributed by atoms with van der Waals surface area (Å²) in [5, 5.41) is 0. The lowest BCUT2D eigenvalue weighted by Crippen LogP contribution is -2.50. The number of nitrogens with two attached hydrogens (primary N) is 1. The standard InChI is InChI=1S/C25H37NO10.ClH/c1-15(2)21(27)32-12-8-11-25(26,22(28)31-7)14-18-9-10-19(35-23(29)33-16(3)4)20(13-18)36-24(30)34-17(5)6;/h9-10,13,15-17H,8,11-12,14,26H2,1-7H3;1H/t25-;/m0./s1. The number of benzene rings is 1. The predicted molar refractivity (Wildman–Crippen MR) is 136 cm³/mol. The molecule has 0 saturated heterocycles. The van der Waals surface area contributed by atoms with Gasteiger partial charge in [0.05, 0.1) is 31.8 Å². The van der Waals surface area contributed by atoms with E-state index in [1.165, 1.54) is 19.2 Å². The maximum Gasteiger partial charge on any atom is 0.514 e. The Morgan fingerprint density at radius 1 is 0.892 bits per heavy atom. The van der Waals surface area contributed by atoms with Crippen molar-refractivity contribution in [3.8, 4) is 11.5 Å². The Morgan fingerprint density at radius 3 is 1.92 bits per heavy atom. The zero-order chi connectivity index (χ0) is 27.5. The van der Waals surface area contributed by atoms with Crippen LogP contribution in [0, 0.1) is 5.92 Å². The molecule has 0 fully saturated rings. The molecule has 0 heterocycles. The van der Waals surface area contributed by atoms with E-state index in [9.17, 15) is 19.2 Å². The Bertz CT molecular complexity index is 919. The Balaban J connectivity index is 0.0000130. The van der Waals surface area contributed by atoms with E-state index >= 15 is 0 Å². The predicted octanol–water partition coefficient (Wildman–Crippen LogP) is 4.35. The second kappa shape index (κ2) is 15.9. The number of hydrogen-bond donors (Lipinski definition) is 1. The number of rotatable bonds is 12. The molecule has 12 heteroatoms. The van der Waals surface area contributed by atoms with Crippen LogP contribution >= 0.6 is 12.4 Å². The fourth-order valence-corrected chi connectivity index (χ4v) is 3.00. The van der Waals surface area contributed by atoms with Crippen LogP contribution in [0.3, 0.4) is 0 Å². The topological polar surface area (TPSA) is 150 Å². The van der Waals surface area contributed by atoms with Crippen LogP contribution in [0.15, 0.2) is 18.2 Å². The van der Waals surface area contributed by atoms with Gasteiger partial charge in [-0.1, -0.05) is 19.9 Å². The van der Waals surface area contributed by atoms with Crippen LogP contribution in [0.2, 0.25) is 0 Å². The zero-order valence-electron chi connectivity index (χ0n) is 22.4. The fourth-order valence-electron chi connectivity index (χ4n) is 3.00. The van der Waals surface area contributed by atoms with Crippen molar-refractivity contribution >= 4 is 36.7 Å². The van der Waals surface area contributed by atoms with Gasteiger partial charge in [-0.2, -0.15) is 0 Å². The van der Waals surface area contributed by atoms with E-state index < -0.39 is 36.0 Å². The number of carbonyl (C=O) groups excluding carboxylic acids is 4. The molecule has 0 aliphatic rings. The van der Waals surface area contributed by atoms with Gasteiger partial charge in [-0.3, -0.25) is 9.59 Å². The summed E-state index contributed by atoms with van der Waals surface area (Å²) >= 11 is 0. The molecule has 0 unspecified atom stereocenters. The van der Waals surface area contributed by atoms with Gasteiger partial charge in [0.1, 0.15) is 5.54 Å². The van der Waals surface area contributed by atoms with Gasteiger partial charge in [-0.05, 0) is 58.2 Å². The van der Waals surface area contributed by atoms with Crippen molar-refractivity contribution in [3.05, 3.63) is 23.8 Å². The van der Waals surface area contributed by atoms with Crippen LogP contribution in [0.5, 0.6) is 11.5 Å². The summed E-state index contributed by atoms with van der Waals surface area (Å²) in [4.78, 5) is 48.3. The minimum absolute atomic E-state index is 0. The minimum atomic E-state index is -1.46. The number of methoxy groups -OCH3 is 1. The van der Waals surface area contributed by atoms with Gasteiger partial charge in [-0.15, -0.1) is 12.4 Å². The van der Waals surface area contributed by atoms with E-state index in [0.29, 0.717) is 12.0 Å². The summed E-state index contributed by atoms with van der Waals surface area (Å²) in [6.45, 7) is 10.1. The molecule has 37 heavy (non-hydrogen) atoms. The van der Waals surface area contributed by atoms with E-state index in [0.717, 1.165) is 0 Å². The smallest absolute Gasteiger partial charge is 0.468 e. The Morgan fingerprint density at radius 2 is 1.43 bits per heavy atom. The molecule has 0 saturated carbocycles. The molecule has 0 spiro atoms. The SMILES string of the molecule is COC(=O)[C@](N)(CCCOC(=O)C(C)C)Cc1ccc(OC(=O)OC(C)C)c(OC(=O)OC(C)C)c1.Cl. The second-order valence-electron chi connectivity index (χ2n) is 9.07. The van der Waals surface area contributed by atoms with E-state index in [1.807, 2.05) is 0 Å². The zero-order valence-corrected chi connectivity index (χ0v) is 23.2. The summed E-state index contributed by atoms with van der Waals surface area (Å²) in [6.07, 6.45) is -2.42. The molecule has 1 rings (SSSR count). The van der Waals surface area contributed by atoms with E-state index in [-0.39, 0.29) is 55.2 Å². The van der Waals surface area contributed by atoms with Gasteiger partial charge in [0, 0.05) is 6.42 Å². The second-order valence-corrected chi connectivity index (χ2v) is 9.07. The Labute approximate surface area is 223 Å². The molecule has 1 aromatic rings. The summed E-state index contributed by atoms with van der Waals surface area (Å²) in [5.74, 6) is -1.51. The highest BCUT2D eigenvalue weighted by atomic mass is 35.5. The van der Waals surface area contributed by atoms with E-state index in [1.54, 1.807) is 47.6 Å². The van der Waals surface area contributed by atoms with Crippen molar-refractivity contribution in [2.45, 2.75) is 78.6 Å². The molecule has 0 aliphatic carbocycles. The average molecular weight is 548 g/mol. The van der Waals surface area contributed by atoms with Crippen LogP contribution in [0.25, 0.3) is 0 Å². The summed E-state index contributed by atoms with van der Waals surface area (Å²) in [6, 6.07) is 4.35. The van der Waals surface area contributed by atoms with Crippen LogP contribution in [-0.2, 0) is 35.0 Å². The summed E-state index contributed by atoms with van der Waals surface area (Å²) < 4.78 is 30.4. The van der Waals surface area contributed by atoms with Gasteiger partial charge in [0.25, 0.3) is 0 Å². The van der Waals surface area contributed by atoms with Crippen molar-refractivity contribution in [1.82, 2.24) is 0 Å². The molecule has 2 N–H and O–H groups in total. The first kappa shape index (κ1) is 34.0. The van der Waals surface area contributed by atoms with Crippen molar-refractivity contribution in [3.63, 3.8) is 0 Å². The monoisotopic (exact) mass is 547 g/mol. The maximum absolute atomic E-state index is 12.5. The Kier molecular flexibility index (Phi) is 14.6. The molecule has 1 aromatic carbocycles. The molecule has 0 aliphatic heterocycles.